The van der Waals surface area contributed by atoms with Crippen LogP contribution in [0.5, 0.6) is 5.75 Å². The number of thiazole rings is 1. The number of allylic oxidation sites excluding steroid dienone is 3. The summed E-state index contributed by atoms with van der Waals surface area (Å²) in [6.07, 6.45) is 8.22. The van der Waals surface area contributed by atoms with Gasteiger partial charge in [0.15, 0.2) is 10.4 Å². The molecule has 0 saturated heterocycles. The first-order valence-electron chi connectivity index (χ1n) is 11.8. The van der Waals surface area contributed by atoms with Crippen molar-refractivity contribution in [3.63, 3.8) is 0 Å². The van der Waals surface area contributed by atoms with E-state index in [-0.39, 0.29) is 5.56 Å². The van der Waals surface area contributed by atoms with E-state index < -0.39 is 0 Å². The van der Waals surface area contributed by atoms with Crippen molar-refractivity contribution in [3.8, 4) is 5.75 Å². The number of hydrogen-bond donors (Lipinski definition) is 0. The fourth-order valence-corrected chi connectivity index (χ4v) is 5.76. The highest BCUT2D eigenvalue weighted by atomic mass is 32.1. The average molecular weight is 472 g/mol. The topological polar surface area (TPSA) is 37.7 Å². The summed E-state index contributed by atoms with van der Waals surface area (Å²) in [4.78, 5) is 17.7. The van der Waals surface area contributed by atoms with Crippen LogP contribution in [0, 0.1) is 6.92 Å². The van der Waals surface area contributed by atoms with Crippen LogP contribution < -0.4 is 29.3 Å². The highest BCUT2D eigenvalue weighted by Crippen LogP contribution is 2.41. The fraction of sp³-hybridized carbons (Fsp3) is 0.250. The van der Waals surface area contributed by atoms with Gasteiger partial charge in [-0.3, -0.25) is 9.36 Å². The van der Waals surface area contributed by atoms with E-state index in [0.717, 1.165) is 46.2 Å². The van der Waals surface area contributed by atoms with E-state index in [9.17, 15) is 4.79 Å². The Morgan fingerprint density at radius 3 is 2.56 bits per heavy atom. The van der Waals surface area contributed by atoms with Gasteiger partial charge in [-0.1, -0.05) is 36.4 Å². The van der Waals surface area contributed by atoms with Crippen LogP contribution in [0.3, 0.4) is 0 Å². The van der Waals surface area contributed by atoms with Crippen LogP contribution in [0.2, 0.25) is 0 Å². The van der Waals surface area contributed by atoms with Gasteiger partial charge in [-0.05, 0) is 63.1 Å². The van der Waals surface area contributed by atoms with Crippen LogP contribution >= 0.6 is 11.3 Å². The van der Waals surface area contributed by atoms with Gasteiger partial charge in [0, 0.05) is 37.1 Å². The SMILES string of the molecule is CCN1C=CC(=CC=c2sc(=C3Oc4cccc(C)c4N3CC)n(CC)c2=O)c2ccccc21. The number of fused-ring (bicyclic) bond motifs is 2. The lowest BCUT2D eigenvalue weighted by Crippen LogP contribution is -2.34. The van der Waals surface area contributed by atoms with Crippen molar-refractivity contribution < 1.29 is 4.74 Å². The van der Waals surface area contributed by atoms with Crippen molar-refractivity contribution in [2.24, 2.45) is 0 Å². The summed E-state index contributed by atoms with van der Waals surface area (Å²) in [5.74, 6) is 1.59. The fourth-order valence-electron chi connectivity index (χ4n) is 4.66. The molecule has 2 aromatic carbocycles. The number of aryl methyl sites for hydroxylation is 1. The average Bonchev–Trinajstić information content (AvgIpc) is 3.40. The number of nitrogens with zero attached hydrogens (tertiary/aromatic N) is 3. The molecular weight excluding hydrogens is 442 g/mol. The van der Waals surface area contributed by atoms with Gasteiger partial charge in [0.2, 0.25) is 5.88 Å². The minimum atomic E-state index is 0.0161. The molecule has 0 saturated carbocycles. The molecule has 5 rings (SSSR count). The van der Waals surface area contributed by atoms with Gasteiger partial charge >= 0.3 is 0 Å². The molecule has 174 valence electrons. The maximum absolute atomic E-state index is 13.3. The lowest BCUT2D eigenvalue weighted by Gasteiger charge is -2.26. The normalized spacial score (nSPS) is 17.9. The molecule has 3 heterocycles. The zero-order valence-electron chi connectivity index (χ0n) is 20.0. The standard InChI is InChI=1S/C28H29N3O2S/c1-5-29-18-17-20(21-12-8-9-13-22(21)29)15-16-24-26(32)31(7-3)28(34-24)27-30(6-2)25-19(4)11-10-14-23(25)33-27/h8-18H,5-7H2,1-4H3. The van der Waals surface area contributed by atoms with Gasteiger partial charge in [0.1, 0.15) is 0 Å². The molecule has 0 amide bonds. The van der Waals surface area contributed by atoms with Crippen molar-refractivity contribution in [1.82, 2.24) is 4.57 Å². The molecule has 0 spiro atoms. The first kappa shape index (κ1) is 22.3. The molecule has 2 aliphatic rings. The van der Waals surface area contributed by atoms with Crippen molar-refractivity contribution in [2.45, 2.75) is 34.2 Å². The van der Waals surface area contributed by atoms with Crippen LogP contribution in [0.4, 0.5) is 11.4 Å². The zero-order valence-corrected chi connectivity index (χ0v) is 20.9. The van der Waals surface area contributed by atoms with Crippen LogP contribution in [0.1, 0.15) is 31.9 Å². The van der Waals surface area contributed by atoms with Crippen molar-refractivity contribution in [2.75, 3.05) is 22.9 Å². The predicted octanol–water partition coefficient (Wildman–Crippen LogP) is 4.44. The Morgan fingerprint density at radius 2 is 1.79 bits per heavy atom. The van der Waals surface area contributed by atoms with Crippen molar-refractivity contribution in [1.29, 1.82) is 0 Å². The third-order valence-electron chi connectivity index (χ3n) is 6.36. The van der Waals surface area contributed by atoms with Gasteiger partial charge in [0.25, 0.3) is 5.56 Å². The van der Waals surface area contributed by atoms with Gasteiger partial charge in [-0.25, -0.2) is 0 Å². The van der Waals surface area contributed by atoms with E-state index in [1.807, 2.05) is 29.7 Å². The van der Waals surface area contributed by atoms with Crippen molar-refractivity contribution >= 4 is 40.2 Å². The van der Waals surface area contributed by atoms with Crippen LogP contribution in [0.15, 0.2) is 65.6 Å². The Kier molecular flexibility index (Phi) is 5.92. The Balaban J connectivity index is 1.65. The molecule has 2 aliphatic heterocycles. The molecular formula is C28H29N3O2S. The van der Waals surface area contributed by atoms with Gasteiger partial charge < -0.3 is 14.5 Å². The lowest BCUT2D eigenvalue weighted by atomic mass is 9.99. The van der Waals surface area contributed by atoms with Crippen LogP contribution in [-0.2, 0) is 6.54 Å². The first-order valence-corrected chi connectivity index (χ1v) is 12.6. The summed E-state index contributed by atoms with van der Waals surface area (Å²) >= 11 is 1.49. The summed E-state index contributed by atoms with van der Waals surface area (Å²) in [6, 6.07) is 14.5. The highest BCUT2D eigenvalue weighted by molar-refractivity contribution is 7.07. The summed E-state index contributed by atoms with van der Waals surface area (Å²) < 4.78 is 9.67. The highest BCUT2D eigenvalue weighted by Gasteiger charge is 2.29. The second kappa shape index (κ2) is 9.03. The van der Waals surface area contributed by atoms with E-state index in [2.05, 4.69) is 79.3 Å². The van der Waals surface area contributed by atoms with Crippen molar-refractivity contribution in [3.05, 3.63) is 91.5 Å². The third kappa shape index (κ3) is 3.59. The molecule has 0 radical (unpaired) electrons. The van der Waals surface area contributed by atoms with E-state index in [0.29, 0.717) is 11.1 Å². The monoisotopic (exact) mass is 471 g/mol. The molecule has 0 fully saturated rings. The number of anilines is 2. The first-order chi connectivity index (χ1) is 16.6. The maximum Gasteiger partial charge on any atom is 0.269 e. The minimum Gasteiger partial charge on any atom is -0.436 e. The number of ether oxygens (including phenoxy) is 1. The molecule has 0 N–H and O–H groups in total. The Bertz CT molecular complexity index is 1490. The molecule has 3 aromatic rings. The number of aromatic nitrogens is 1. The largest absolute Gasteiger partial charge is 0.436 e. The Hall–Kier alpha value is -3.51. The predicted molar refractivity (Wildman–Crippen MR) is 143 cm³/mol. The molecule has 1 aromatic heterocycles. The zero-order chi connectivity index (χ0) is 23.8. The molecule has 6 heteroatoms. The molecule has 0 unspecified atom stereocenters. The quantitative estimate of drug-likeness (QED) is 0.564. The number of benzene rings is 2. The summed E-state index contributed by atoms with van der Waals surface area (Å²) in [5.41, 5.74) is 5.72. The van der Waals surface area contributed by atoms with E-state index in [1.165, 1.54) is 22.6 Å². The summed E-state index contributed by atoms with van der Waals surface area (Å²) in [5, 5.41) is 0. The Morgan fingerprint density at radius 1 is 0.971 bits per heavy atom. The molecule has 0 aliphatic carbocycles. The molecule has 5 nitrogen and oxygen atoms in total. The van der Waals surface area contributed by atoms with E-state index in [4.69, 9.17) is 4.74 Å². The summed E-state index contributed by atoms with van der Waals surface area (Å²) in [6.45, 7) is 10.6. The summed E-state index contributed by atoms with van der Waals surface area (Å²) in [7, 11) is 0. The number of rotatable bonds is 4. The number of hydrogen-bond acceptors (Lipinski definition) is 5. The van der Waals surface area contributed by atoms with E-state index in [1.54, 1.807) is 0 Å². The minimum absolute atomic E-state index is 0.0161. The third-order valence-corrected chi connectivity index (χ3v) is 7.48. The van der Waals surface area contributed by atoms with Crippen LogP contribution in [0.25, 0.3) is 17.5 Å². The Labute approximate surface area is 203 Å². The van der Waals surface area contributed by atoms with Gasteiger partial charge in [0.05, 0.1) is 10.2 Å². The molecule has 0 atom stereocenters. The van der Waals surface area contributed by atoms with E-state index >= 15 is 0 Å². The van der Waals surface area contributed by atoms with Crippen LogP contribution in [-0.4, -0.2) is 17.7 Å². The lowest BCUT2D eigenvalue weighted by molar-refractivity contribution is 0.512. The molecule has 0 bridgehead atoms. The smallest absolute Gasteiger partial charge is 0.269 e. The van der Waals surface area contributed by atoms with Gasteiger partial charge in [-0.15, -0.1) is 11.3 Å². The molecule has 34 heavy (non-hydrogen) atoms. The second-order valence-corrected chi connectivity index (χ2v) is 9.33. The second-order valence-electron chi connectivity index (χ2n) is 8.30. The maximum atomic E-state index is 13.3. The number of para-hydroxylation sites is 2. The van der Waals surface area contributed by atoms with Gasteiger partial charge in [-0.2, -0.15) is 0 Å².